The maximum atomic E-state index is 12.2. The Morgan fingerprint density at radius 3 is 2.62 bits per heavy atom. The van der Waals surface area contributed by atoms with Crippen molar-refractivity contribution in [1.29, 1.82) is 0 Å². The van der Waals surface area contributed by atoms with E-state index in [4.69, 9.17) is 4.74 Å². The molecule has 0 radical (unpaired) electrons. The average Bonchev–Trinajstić information content (AvgIpc) is 3.05. The van der Waals surface area contributed by atoms with Crippen LogP contribution in [0.3, 0.4) is 0 Å². The molecule has 2 fully saturated rings. The first-order valence-electron chi connectivity index (χ1n) is 8.89. The van der Waals surface area contributed by atoms with E-state index in [0.717, 1.165) is 48.6 Å². The SMILES string of the molecule is O=C(CSc1nnc(N2CCOCC2)s1)NC1CCCCCCC1. The number of morpholine rings is 1. The van der Waals surface area contributed by atoms with Crippen molar-refractivity contribution >= 4 is 34.1 Å². The predicted molar refractivity (Wildman–Crippen MR) is 97.9 cm³/mol. The predicted octanol–water partition coefficient (Wildman–Crippen LogP) is 2.70. The number of nitrogens with one attached hydrogen (secondary N) is 1. The van der Waals surface area contributed by atoms with Gasteiger partial charge in [-0.15, -0.1) is 10.2 Å². The summed E-state index contributed by atoms with van der Waals surface area (Å²) in [5.41, 5.74) is 0. The first-order chi connectivity index (χ1) is 11.8. The lowest BCUT2D eigenvalue weighted by atomic mass is 9.97. The van der Waals surface area contributed by atoms with Crippen LogP contribution in [0, 0.1) is 0 Å². The molecular weight excluding hydrogens is 344 g/mol. The Kier molecular flexibility index (Phi) is 7.16. The number of aromatic nitrogens is 2. The van der Waals surface area contributed by atoms with Gasteiger partial charge in [0.1, 0.15) is 0 Å². The molecular formula is C16H26N4O2S2. The summed E-state index contributed by atoms with van der Waals surface area (Å²) in [6, 6.07) is 0.358. The second kappa shape index (κ2) is 9.58. The molecule has 24 heavy (non-hydrogen) atoms. The lowest BCUT2D eigenvalue weighted by Crippen LogP contribution is -2.36. The number of carbonyl (C=O) groups excluding carboxylic acids is 1. The maximum Gasteiger partial charge on any atom is 0.230 e. The normalized spacial score (nSPS) is 20.4. The summed E-state index contributed by atoms with van der Waals surface area (Å²) in [5, 5.41) is 12.6. The number of hydrogen-bond donors (Lipinski definition) is 1. The minimum absolute atomic E-state index is 0.119. The fourth-order valence-corrected chi connectivity index (χ4v) is 4.84. The van der Waals surface area contributed by atoms with Crippen molar-refractivity contribution in [3.63, 3.8) is 0 Å². The van der Waals surface area contributed by atoms with Crippen LogP contribution in [0.25, 0.3) is 0 Å². The molecule has 1 saturated heterocycles. The van der Waals surface area contributed by atoms with Gasteiger partial charge in [-0.25, -0.2) is 0 Å². The van der Waals surface area contributed by atoms with Crippen LogP contribution in [0.15, 0.2) is 4.34 Å². The van der Waals surface area contributed by atoms with Crippen LogP contribution in [0.2, 0.25) is 0 Å². The van der Waals surface area contributed by atoms with Gasteiger partial charge in [0.2, 0.25) is 11.0 Å². The van der Waals surface area contributed by atoms with Crippen molar-refractivity contribution < 1.29 is 9.53 Å². The number of thioether (sulfide) groups is 1. The lowest BCUT2D eigenvalue weighted by Gasteiger charge is -2.25. The molecule has 2 heterocycles. The fourth-order valence-electron chi connectivity index (χ4n) is 3.14. The molecule has 0 unspecified atom stereocenters. The van der Waals surface area contributed by atoms with Crippen LogP contribution in [-0.2, 0) is 9.53 Å². The molecule has 8 heteroatoms. The molecule has 1 aliphatic carbocycles. The van der Waals surface area contributed by atoms with Crippen molar-refractivity contribution in [2.24, 2.45) is 0 Å². The average molecular weight is 371 g/mol. The van der Waals surface area contributed by atoms with E-state index in [0.29, 0.717) is 11.8 Å². The van der Waals surface area contributed by atoms with Gasteiger partial charge < -0.3 is 15.0 Å². The second-order valence-electron chi connectivity index (χ2n) is 6.35. The Morgan fingerprint density at radius 1 is 1.17 bits per heavy atom. The highest BCUT2D eigenvalue weighted by Crippen LogP contribution is 2.28. The molecule has 1 aromatic heterocycles. The van der Waals surface area contributed by atoms with Crippen molar-refractivity contribution in [2.75, 3.05) is 37.0 Å². The van der Waals surface area contributed by atoms with Crippen molar-refractivity contribution in [3.05, 3.63) is 0 Å². The minimum Gasteiger partial charge on any atom is -0.378 e. The smallest absolute Gasteiger partial charge is 0.230 e. The number of carbonyl (C=O) groups is 1. The number of rotatable bonds is 5. The molecule has 2 aliphatic rings. The third kappa shape index (κ3) is 5.60. The maximum absolute atomic E-state index is 12.2. The third-order valence-electron chi connectivity index (χ3n) is 4.47. The van der Waals surface area contributed by atoms with E-state index < -0.39 is 0 Å². The third-order valence-corrected chi connectivity index (χ3v) is 6.59. The number of amides is 1. The summed E-state index contributed by atoms with van der Waals surface area (Å²) in [4.78, 5) is 14.4. The summed E-state index contributed by atoms with van der Waals surface area (Å²) in [7, 11) is 0. The zero-order chi connectivity index (χ0) is 16.6. The van der Waals surface area contributed by atoms with Gasteiger partial charge in [-0.05, 0) is 12.8 Å². The van der Waals surface area contributed by atoms with Crippen LogP contribution in [-0.4, -0.2) is 54.2 Å². The van der Waals surface area contributed by atoms with E-state index in [1.165, 1.54) is 43.9 Å². The number of hydrogen-bond acceptors (Lipinski definition) is 7. The summed E-state index contributed by atoms with van der Waals surface area (Å²) >= 11 is 3.05. The summed E-state index contributed by atoms with van der Waals surface area (Å²) in [6.07, 6.45) is 8.66. The van der Waals surface area contributed by atoms with E-state index >= 15 is 0 Å². The Balaban J connectivity index is 1.41. The fraction of sp³-hybridized carbons (Fsp3) is 0.812. The van der Waals surface area contributed by atoms with Gasteiger partial charge in [-0.2, -0.15) is 0 Å². The van der Waals surface area contributed by atoms with Crippen LogP contribution >= 0.6 is 23.1 Å². The van der Waals surface area contributed by atoms with E-state index in [2.05, 4.69) is 20.4 Å². The Hall–Kier alpha value is -0.860. The Bertz CT molecular complexity index is 512. The van der Waals surface area contributed by atoms with Gasteiger partial charge >= 0.3 is 0 Å². The molecule has 0 aromatic carbocycles. The van der Waals surface area contributed by atoms with E-state index in [1.54, 1.807) is 11.3 Å². The molecule has 0 spiro atoms. The molecule has 3 rings (SSSR count). The highest BCUT2D eigenvalue weighted by atomic mass is 32.2. The summed E-state index contributed by atoms with van der Waals surface area (Å²) in [6.45, 7) is 3.21. The van der Waals surface area contributed by atoms with E-state index in [-0.39, 0.29) is 5.91 Å². The molecule has 0 bridgehead atoms. The van der Waals surface area contributed by atoms with Crippen LogP contribution < -0.4 is 10.2 Å². The number of nitrogens with zero attached hydrogens (tertiary/aromatic N) is 3. The molecule has 1 N–H and O–H groups in total. The topological polar surface area (TPSA) is 67.4 Å². The summed E-state index contributed by atoms with van der Waals surface area (Å²) in [5.74, 6) is 0.544. The first-order valence-corrected chi connectivity index (χ1v) is 10.7. The first kappa shape index (κ1) is 17.9. The zero-order valence-corrected chi connectivity index (χ0v) is 15.7. The number of ether oxygens (including phenoxy) is 1. The van der Waals surface area contributed by atoms with Gasteiger partial charge in [-0.3, -0.25) is 4.79 Å². The van der Waals surface area contributed by atoms with Gasteiger partial charge in [-0.1, -0.05) is 55.2 Å². The van der Waals surface area contributed by atoms with Gasteiger partial charge in [0, 0.05) is 19.1 Å². The van der Waals surface area contributed by atoms with Crippen molar-refractivity contribution in [2.45, 2.75) is 55.3 Å². The van der Waals surface area contributed by atoms with Gasteiger partial charge in [0.25, 0.3) is 0 Å². The van der Waals surface area contributed by atoms with Gasteiger partial charge in [0.05, 0.1) is 19.0 Å². The Morgan fingerprint density at radius 2 is 1.88 bits per heavy atom. The summed E-state index contributed by atoms with van der Waals surface area (Å²) < 4.78 is 6.22. The monoisotopic (exact) mass is 370 g/mol. The quantitative estimate of drug-likeness (QED) is 0.804. The molecule has 134 valence electrons. The van der Waals surface area contributed by atoms with Crippen LogP contribution in [0.1, 0.15) is 44.9 Å². The minimum atomic E-state index is 0.119. The Labute approximate surface area is 151 Å². The molecule has 1 aromatic rings. The molecule has 1 amide bonds. The number of anilines is 1. The van der Waals surface area contributed by atoms with Crippen LogP contribution in [0.4, 0.5) is 5.13 Å². The zero-order valence-electron chi connectivity index (χ0n) is 14.0. The van der Waals surface area contributed by atoms with Crippen molar-refractivity contribution in [3.8, 4) is 0 Å². The standard InChI is InChI=1S/C16H26N4O2S2/c21-14(17-13-6-4-2-1-3-5-7-13)12-23-16-19-18-15(24-16)20-8-10-22-11-9-20/h13H,1-12H2,(H,17,21). The highest BCUT2D eigenvalue weighted by molar-refractivity contribution is 8.01. The second-order valence-corrected chi connectivity index (χ2v) is 8.53. The van der Waals surface area contributed by atoms with Crippen molar-refractivity contribution in [1.82, 2.24) is 15.5 Å². The highest BCUT2D eigenvalue weighted by Gasteiger charge is 2.18. The molecule has 1 aliphatic heterocycles. The van der Waals surface area contributed by atoms with E-state index in [1.807, 2.05) is 0 Å². The largest absolute Gasteiger partial charge is 0.378 e. The molecule has 1 saturated carbocycles. The van der Waals surface area contributed by atoms with Gasteiger partial charge in [0.15, 0.2) is 4.34 Å². The molecule has 0 atom stereocenters. The molecule has 6 nitrogen and oxygen atoms in total. The van der Waals surface area contributed by atoms with E-state index in [9.17, 15) is 4.79 Å². The lowest BCUT2D eigenvalue weighted by molar-refractivity contribution is -0.119. The van der Waals surface area contributed by atoms with Crippen LogP contribution in [0.5, 0.6) is 0 Å².